The SMILES string of the molecule is C=C[C@@H]1C[C@]1(NC(=O)[C@@H]1C[C@@H](Oc2cc(C)nc(-c3ccccc3)c2)CN1C(=O)[C@@H](CC(=O)OC(C)(C)C)C(C)(C)C)C(=O)CS(=O)(=O)C1CC1. The number of carbonyl (C=O) groups is 4. The summed E-state index contributed by atoms with van der Waals surface area (Å²) in [7, 11) is -3.63. The number of likely N-dealkylation sites (tertiary alicyclic amines) is 1. The fourth-order valence-electron chi connectivity index (χ4n) is 6.81. The number of ether oxygens (including phenoxy) is 2. The number of hydrogen-bond acceptors (Lipinski definition) is 9. The van der Waals surface area contributed by atoms with Gasteiger partial charge in [0.2, 0.25) is 11.8 Å². The normalized spacial score (nSPS) is 24.0. The minimum Gasteiger partial charge on any atom is -0.488 e. The quantitative estimate of drug-likeness (QED) is 0.223. The number of hydrogen-bond donors (Lipinski definition) is 1. The van der Waals surface area contributed by atoms with Crippen molar-refractivity contribution in [3.05, 3.63) is 60.8 Å². The Hall–Kier alpha value is -4.06. The van der Waals surface area contributed by atoms with Gasteiger partial charge >= 0.3 is 5.97 Å². The summed E-state index contributed by atoms with van der Waals surface area (Å²) < 4.78 is 37.6. The van der Waals surface area contributed by atoms with E-state index in [4.69, 9.17) is 9.47 Å². The first-order chi connectivity index (χ1) is 23.7. The number of esters is 1. The van der Waals surface area contributed by atoms with Gasteiger partial charge in [-0.05, 0) is 52.4 Å². The average molecular weight is 722 g/mol. The fraction of sp³-hybridized carbons (Fsp3) is 0.564. The van der Waals surface area contributed by atoms with E-state index in [2.05, 4.69) is 16.9 Å². The van der Waals surface area contributed by atoms with Crippen molar-refractivity contribution in [2.75, 3.05) is 12.3 Å². The van der Waals surface area contributed by atoms with Crippen molar-refractivity contribution in [3.8, 4) is 17.0 Å². The summed E-state index contributed by atoms with van der Waals surface area (Å²) in [5, 5.41) is 2.36. The van der Waals surface area contributed by atoms with Gasteiger partial charge in [0, 0.05) is 35.7 Å². The van der Waals surface area contributed by atoms with E-state index in [1.165, 1.54) is 4.90 Å². The van der Waals surface area contributed by atoms with Crippen LogP contribution in [0.2, 0.25) is 0 Å². The van der Waals surface area contributed by atoms with Crippen molar-refractivity contribution in [2.45, 2.75) is 109 Å². The van der Waals surface area contributed by atoms with Gasteiger partial charge in [-0.1, -0.05) is 57.2 Å². The molecule has 0 spiro atoms. The van der Waals surface area contributed by atoms with E-state index in [9.17, 15) is 27.6 Å². The number of nitrogens with zero attached hydrogens (tertiary/aromatic N) is 2. The lowest BCUT2D eigenvalue weighted by molar-refractivity contribution is -0.161. The molecule has 11 nitrogen and oxygen atoms in total. The summed E-state index contributed by atoms with van der Waals surface area (Å²) in [6.07, 6.45) is 2.13. The van der Waals surface area contributed by atoms with E-state index >= 15 is 0 Å². The molecule has 276 valence electrons. The zero-order chi connectivity index (χ0) is 37.5. The number of pyridine rings is 1. The van der Waals surface area contributed by atoms with Crippen LogP contribution in [0.25, 0.3) is 11.3 Å². The molecule has 0 unspecified atom stereocenters. The van der Waals surface area contributed by atoms with Crippen LogP contribution in [0.15, 0.2) is 55.1 Å². The molecule has 2 heterocycles. The Labute approximate surface area is 301 Å². The van der Waals surface area contributed by atoms with Crippen LogP contribution in [0.4, 0.5) is 0 Å². The maximum atomic E-state index is 14.5. The summed E-state index contributed by atoms with van der Waals surface area (Å²) in [6.45, 7) is 16.5. The predicted octanol–water partition coefficient (Wildman–Crippen LogP) is 5.01. The molecule has 5 rings (SSSR count). The Morgan fingerprint density at radius 2 is 1.75 bits per heavy atom. The molecule has 2 aliphatic carbocycles. The predicted molar refractivity (Wildman–Crippen MR) is 193 cm³/mol. The number of carbonyl (C=O) groups excluding carboxylic acids is 4. The zero-order valence-corrected chi connectivity index (χ0v) is 31.5. The van der Waals surface area contributed by atoms with Crippen LogP contribution in [-0.4, -0.2) is 82.7 Å². The van der Waals surface area contributed by atoms with Crippen LogP contribution in [-0.2, 0) is 33.8 Å². The molecule has 2 amide bonds. The second-order valence-electron chi connectivity index (χ2n) is 16.3. The van der Waals surface area contributed by atoms with Crippen molar-refractivity contribution < 1.29 is 37.1 Å². The minimum atomic E-state index is -3.63. The van der Waals surface area contributed by atoms with Gasteiger partial charge in [-0.25, -0.2) is 8.42 Å². The number of nitrogens with one attached hydrogen (secondary N) is 1. The molecule has 1 aromatic carbocycles. The first-order valence-corrected chi connectivity index (χ1v) is 19.4. The molecule has 1 saturated heterocycles. The molecular weight excluding hydrogens is 671 g/mol. The summed E-state index contributed by atoms with van der Waals surface area (Å²) in [5.74, 6) is -3.52. The van der Waals surface area contributed by atoms with Gasteiger partial charge in [0.25, 0.3) is 0 Å². The molecule has 2 saturated carbocycles. The van der Waals surface area contributed by atoms with Crippen LogP contribution < -0.4 is 10.1 Å². The topological polar surface area (TPSA) is 149 Å². The molecule has 1 aliphatic heterocycles. The third kappa shape index (κ3) is 9.06. The molecular formula is C39H51N3O8S. The lowest BCUT2D eigenvalue weighted by atomic mass is 9.77. The van der Waals surface area contributed by atoms with E-state index in [0.717, 1.165) is 11.3 Å². The van der Waals surface area contributed by atoms with Gasteiger partial charge in [0.15, 0.2) is 15.6 Å². The maximum Gasteiger partial charge on any atom is 0.307 e. The highest BCUT2D eigenvalue weighted by molar-refractivity contribution is 7.93. The van der Waals surface area contributed by atoms with Crippen LogP contribution in [0, 0.1) is 24.2 Å². The summed E-state index contributed by atoms with van der Waals surface area (Å²) in [5.41, 5.74) is -0.509. The van der Waals surface area contributed by atoms with E-state index in [1.807, 2.05) is 64.1 Å². The Morgan fingerprint density at radius 1 is 1.08 bits per heavy atom. The number of sulfone groups is 1. The van der Waals surface area contributed by atoms with Crippen molar-refractivity contribution in [2.24, 2.45) is 17.3 Å². The largest absolute Gasteiger partial charge is 0.488 e. The summed E-state index contributed by atoms with van der Waals surface area (Å²) >= 11 is 0. The molecule has 3 aliphatic rings. The molecule has 2 aromatic rings. The Bertz CT molecular complexity index is 1790. The molecule has 0 radical (unpaired) electrons. The third-order valence-electron chi connectivity index (χ3n) is 9.79. The van der Waals surface area contributed by atoms with Gasteiger partial charge < -0.3 is 19.7 Å². The number of aromatic nitrogens is 1. The number of benzene rings is 1. The van der Waals surface area contributed by atoms with E-state index in [0.29, 0.717) is 24.3 Å². The van der Waals surface area contributed by atoms with Gasteiger partial charge in [-0.3, -0.25) is 24.2 Å². The number of Topliss-reactive ketones (excluding diaryl/α,β-unsaturated/α-hetero) is 1. The average Bonchev–Trinajstić information content (AvgIpc) is 3.95. The van der Waals surface area contributed by atoms with Gasteiger partial charge in [-0.15, -0.1) is 6.58 Å². The minimum absolute atomic E-state index is 0.0434. The van der Waals surface area contributed by atoms with Crippen LogP contribution in [0.5, 0.6) is 5.75 Å². The van der Waals surface area contributed by atoms with Crippen LogP contribution in [0.3, 0.4) is 0 Å². The first-order valence-electron chi connectivity index (χ1n) is 17.6. The van der Waals surface area contributed by atoms with Crippen molar-refractivity contribution in [3.63, 3.8) is 0 Å². The lowest BCUT2D eigenvalue weighted by Gasteiger charge is -2.35. The standard InChI is InChI=1S/C39H51N3O8S/c1-9-26-21-39(26,33(43)23-51(47,48)29-15-16-29)41-35(45)32-19-28(49-27-17-24(2)40-31(18-27)25-13-11-10-12-14-25)22-42(32)36(46)30(37(3,4)5)20-34(44)50-38(6,7)8/h9-14,17-18,26,28-30,32H,1,15-16,19-23H2,2-8H3,(H,41,45)/t26-,28-,30-,32+,39-/m1/s1. The van der Waals surface area contributed by atoms with E-state index in [1.54, 1.807) is 32.9 Å². The van der Waals surface area contributed by atoms with Crippen molar-refractivity contribution in [1.29, 1.82) is 0 Å². The zero-order valence-electron chi connectivity index (χ0n) is 30.7. The Morgan fingerprint density at radius 3 is 2.31 bits per heavy atom. The molecule has 1 N–H and O–H groups in total. The maximum absolute atomic E-state index is 14.5. The van der Waals surface area contributed by atoms with Crippen molar-refractivity contribution in [1.82, 2.24) is 15.2 Å². The summed E-state index contributed by atoms with van der Waals surface area (Å²) in [6, 6.07) is 12.2. The number of ketones is 1. The lowest BCUT2D eigenvalue weighted by Crippen LogP contribution is -2.55. The molecule has 12 heteroatoms. The second kappa shape index (κ2) is 14.2. The number of amides is 2. The molecule has 0 bridgehead atoms. The number of rotatable bonds is 13. The fourth-order valence-corrected chi connectivity index (χ4v) is 8.52. The van der Waals surface area contributed by atoms with Gasteiger partial charge in [0.1, 0.15) is 34.8 Å². The van der Waals surface area contributed by atoms with Gasteiger partial charge in [-0.2, -0.15) is 0 Å². The first kappa shape index (κ1) is 38.2. The van der Waals surface area contributed by atoms with E-state index in [-0.39, 0.29) is 25.8 Å². The Kier molecular flexibility index (Phi) is 10.6. The molecule has 5 atom stereocenters. The highest BCUT2D eigenvalue weighted by Crippen LogP contribution is 2.46. The van der Waals surface area contributed by atoms with Crippen LogP contribution >= 0.6 is 0 Å². The van der Waals surface area contributed by atoms with Gasteiger partial charge in [0.05, 0.1) is 29.8 Å². The second-order valence-corrected chi connectivity index (χ2v) is 18.6. The third-order valence-corrected chi connectivity index (χ3v) is 11.9. The van der Waals surface area contributed by atoms with Crippen LogP contribution in [0.1, 0.15) is 79.3 Å². The highest BCUT2D eigenvalue weighted by Gasteiger charge is 2.61. The Balaban J connectivity index is 1.43. The molecule has 1 aromatic heterocycles. The summed E-state index contributed by atoms with van der Waals surface area (Å²) in [4.78, 5) is 61.5. The monoisotopic (exact) mass is 721 g/mol. The molecule has 51 heavy (non-hydrogen) atoms. The smallest absolute Gasteiger partial charge is 0.307 e. The number of aryl methyl sites for hydroxylation is 1. The van der Waals surface area contributed by atoms with E-state index < -0.39 is 84.9 Å². The molecule has 3 fully saturated rings. The van der Waals surface area contributed by atoms with Crippen molar-refractivity contribution >= 4 is 33.4 Å². The highest BCUT2D eigenvalue weighted by atomic mass is 32.2.